The molecule has 1 aliphatic carbocycles. The highest BCUT2D eigenvalue weighted by molar-refractivity contribution is 7.13. The summed E-state index contributed by atoms with van der Waals surface area (Å²) < 4.78 is 0. The van der Waals surface area contributed by atoms with Crippen LogP contribution >= 0.6 is 11.3 Å². The zero-order valence-electron chi connectivity index (χ0n) is 14.4. The molecular formula is C17H29N5S. The summed E-state index contributed by atoms with van der Waals surface area (Å²) in [7, 11) is 0. The Bertz CT molecular complexity index is 507. The van der Waals surface area contributed by atoms with Crippen molar-refractivity contribution in [1.82, 2.24) is 9.88 Å². The Labute approximate surface area is 143 Å². The average molecular weight is 336 g/mol. The van der Waals surface area contributed by atoms with Crippen molar-refractivity contribution >= 4 is 22.4 Å². The van der Waals surface area contributed by atoms with Crippen LogP contribution in [0.5, 0.6) is 0 Å². The van der Waals surface area contributed by atoms with E-state index in [4.69, 9.17) is 10.7 Å². The molecule has 23 heavy (non-hydrogen) atoms. The molecule has 0 unspecified atom stereocenters. The Balaban J connectivity index is 1.45. The third-order valence-electron chi connectivity index (χ3n) is 5.26. The number of nitrogens with zero attached hydrogens (tertiary/aromatic N) is 4. The van der Waals surface area contributed by atoms with Gasteiger partial charge in [-0.1, -0.05) is 13.8 Å². The zero-order valence-corrected chi connectivity index (χ0v) is 15.2. The summed E-state index contributed by atoms with van der Waals surface area (Å²) in [5, 5.41) is 3.15. The molecule has 1 aliphatic heterocycles. The number of piperazine rings is 1. The molecule has 1 aromatic heterocycles. The Kier molecular flexibility index (Phi) is 5.09. The normalized spacial score (nSPS) is 23.3. The minimum Gasteiger partial charge on any atom is -0.370 e. The highest BCUT2D eigenvalue weighted by atomic mass is 32.1. The number of guanidine groups is 1. The van der Waals surface area contributed by atoms with Crippen LogP contribution in [0.15, 0.2) is 16.6 Å². The van der Waals surface area contributed by atoms with Crippen LogP contribution in [0.2, 0.25) is 0 Å². The second kappa shape index (κ2) is 7.07. The van der Waals surface area contributed by atoms with Crippen LogP contribution in [-0.2, 0) is 0 Å². The summed E-state index contributed by atoms with van der Waals surface area (Å²) >= 11 is 1.70. The van der Waals surface area contributed by atoms with E-state index in [1.54, 1.807) is 11.3 Å². The monoisotopic (exact) mass is 335 g/mol. The fourth-order valence-electron chi connectivity index (χ4n) is 3.46. The first kappa shape index (κ1) is 16.6. The smallest absolute Gasteiger partial charge is 0.191 e. The molecule has 2 heterocycles. The van der Waals surface area contributed by atoms with E-state index in [0.29, 0.717) is 5.41 Å². The van der Waals surface area contributed by atoms with Crippen molar-refractivity contribution in [3.8, 4) is 0 Å². The topological polar surface area (TPSA) is 57.8 Å². The van der Waals surface area contributed by atoms with Crippen molar-refractivity contribution in [2.24, 2.45) is 22.1 Å². The van der Waals surface area contributed by atoms with Gasteiger partial charge in [0.1, 0.15) is 0 Å². The van der Waals surface area contributed by atoms with Crippen molar-refractivity contribution in [1.29, 1.82) is 0 Å². The highest BCUT2D eigenvalue weighted by Gasteiger charge is 2.27. The first-order chi connectivity index (χ1) is 11.0. The summed E-state index contributed by atoms with van der Waals surface area (Å²) in [6, 6.07) is 0. The molecule has 5 nitrogen and oxygen atoms in total. The second-order valence-corrected chi connectivity index (χ2v) is 8.47. The van der Waals surface area contributed by atoms with Crippen LogP contribution < -0.4 is 10.6 Å². The average Bonchev–Trinajstić information content (AvgIpc) is 3.08. The summed E-state index contributed by atoms with van der Waals surface area (Å²) in [4.78, 5) is 13.6. The number of hydrogen-bond acceptors (Lipinski definition) is 4. The lowest BCUT2D eigenvalue weighted by Gasteiger charge is -2.36. The fourth-order valence-corrected chi connectivity index (χ4v) is 4.16. The molecule has 0 spiro atoms. The van der Waals surface area contributed by atoms with Gasteiger partial charge in [0.05, 0.1) is 0 Å². The minimum atomic E-state index is 0.526. The molecule has 1 saturated heterocycles. The van der Waals surface area contributed by atoms with E-state index >= 15 is 0 Å². The molecule has 2 fully saturated rings. The number of rotatable bonds is 3. The van der Waals surface area contributed by atoms with Gasteiger partial charge < -0.3 is 15.5 Å². The predicted molar refractivity (Wildman–Crippen MR) is 98.1 cm³/mol. The molecule has 0 aromatic carbocycles. The number of aromatic nitrogens is 1. The van der Waals surface area contributed by atoms with E-state index in [1.807, 2.05) is 11.6 Å². The van der Waals surface area contributed by atoms with Crippen LogP contribution in [0.4, 0.5) is 5.13 Å². The van der Waals surface area contributed by atoms with E-state index in [-0.39, 0.29) is 0 Å². The van der Waals surface area contributed by atoms with Crippen LogP contribution in [0.3, 0.4) is 0 Å². The first-order valence-electron chi connectivity index (χ1n) is 8.73. The summed E-state index contributed by atoms with van der Waals surface area (Å²) in [6.07, 6.45) is 7.09. The van der Waals surface area contributed by atoms with E-state index in [2.05, 4.69) is 28.6 Å². The zero-order chi connectivity index (χ0) is 16.3. The summed E-state index contributed by atoms with van der Waals surface area (Å²) in [5.74, 6) is 1.45. The van der Waals surface area contributed by atoms with Gasteiger partial charge in [-0.25, -0.2) is 4.98 Å². The van der Waals surface area contributed by atoms with Crippen molar-refractivity contribution in [3.05, 3.63) is 11.6 Å². The summed E-state index contributed by atoms with van der Waals surface area (Å²) in [5.41, 5.74) is 6.75. The number of hydrogen-bond donors (Lipinski definition) is 1. The van der Waals surface area contributed by atoms with Crippen molar-refractivity contribution < 1.29 is 0 Å². The number of thiazole rings is 1. The predicted octanol–water partition coefficient (Wildman–Crippen LogP) is 2.80. The molecule has 3 rings (SSSR count). The Hall–Kier alpha value is -1.30. The largest absolute Gasteiger partial charge is 0.370 e. The molecule has 2 aliphatic rings. The molecule has 1 aromatic rings. The molecular weight excluding hydrogens is 306 g/mol. The van der Waals surface area contributed by atoms with Gasteiger partial charge in [-0.3, -0.25) is 4.99 Å². The lowest BCUT2D eigenvalue weighted by Crippen LogP contribution is -2.51. The Morgan fingerprint density at radius 2 is 2.00 bits per heavy atom. The molecule has 0 bridgehead atoms. The van der Waals surface area contributed by atoms with Gasteiger partial charge in [-0.2, -0.15) is 0 Å². The number of aliphatic imine (C=N–C) groups is 1. The second-order valence-electron chi connectivity index (χ2n) is 7.60. The Morgan fingerprint density at radius 3 is 2.61 bits per heavy atom. The van der Waals surface area contributed by atoms with Gasteiger partial charge in [-0.15, -0.1) is 11.3 Å². The number of nitrogens with two attached hydrogens (primary N) is 1. The minimum absolute atomic E-state index is 0.526. The SMILES string of the molecule is CC1(C)CCC(CN=C(N)N2CCN(c3nccs3)CC2)CC1. The van der Waals surface area contributed by atoms with Crippen LogP contribution in [0, 0.1) is 11.3 Å². The standard InChI is InChI=1S/C17H29N5S/c1-17(2)5-3-14(4-6-17)13-20-15(18)21-8-10-22(11-9-21)16-19-7-12-23-16/h7,12,14H,3-6,8-11,13H2,1-2H3,(H2,18,20). The summed E-state index contributed by atoms with van der Waals surface area (Å²) in [6.45, 7) is 9.47. The van der Waals surface area contributed by atoms with Crippen LogP contribution in [0.1, 0.15) is 39.5 Å². The quantitative estimate of drug-likeness (QED) is 0.682. The van der Waals surface area contributed by atoms with Gasteiger partial charge in [0.15, 0.2) is 11.1 Å². The van der Waals surface area contributed by atoms with Gasteiger partial charge in [0.25, 0.3) is 0 Å². The van der Waals surface area contributed by atoms with E-state index in [1.165, 1.54) is 25.7 Å². The lowest BCUT2D eigenvalue weighted by molar-refractivity contribution is 0.195. The third-order valence-corrected chi connectivity index (χ3v) is 6.10. The molecule has 2 N–H and O–H groups in total. The van der Waals surface area contributed by atoms with Crippen molar-refractivity contribution in [2.75, 3.05) is 37.6 Å². The molecule has 0 amide bonds. The van der Waals surface area contributed by atoms with Crippen molar-refractivity contribution in [3.63, 3.8) is 0 Å². The maximum Gasteiger partial charge on any atom is 0.191 e. The van der Waals surface area contributed by atoms with Crippen molar-refractivity contribution in [2.45, 2.75) is 39.5 Å². The Morgan fingerprint density at radius 1 is 1.30 bits per heavy atom. The maximum absolute atomic E-state index is 6.23. The highest BCUT2D eigenvalue weighted by Crippen LogP contribution is 2.37. The molecule has 1 saturated carbocycles. The van der Waals surface area contributed by atoms with E-state index in [9.17, 15) is 0 Å². The third kappa shape index (κ3) is 4.37. The molecule has 128 valence electrons. The first-order valence-corrected chi connectivity index (χ1v) is 9.61. The van der Waals surface area contributed by atoms with Crippen LogP contribution in [-0.4, -0.2) is 48.6 Å². The number of anilines is 1. The van der Waals surface area contributed by atoms with E-state index in [0.717, 1.165) is 49.7 Å². The van der Waals surface area contributed by atoms with Crippen LogP contribution in [0.25, 0.3) is 0 Å². The lowest BCUT2D eigenvalue weighted by atomic mass is 9.73. The van der Waals surface area contributed by atoms with Gasteiger partial charge in [0.2, 0.25) is 0 Å². The molecule has 6 heteroatoms. The van der Waals surface area contributed by atoms with Gasteiger partial charge in [-0.05, 0) is 37.0 Å². The maximum atomic E-state index is 6.23. The van der Waals surface area contributed by atoms with E-state index < -0.39 is 0 Å². The molecule has 0 atom stereocenters. The molecule has 0 radical (unpaired) electrons. The fraction of sp³-hybridized carbons (Fsp3) is 0.765. The van der Waals surface area contributed by atoms with Gasteiger partial charge in [0, 0.05) is 44.3 Å². The van der Waals surface area contributed by atoms with Gasteiger partial charge >= 0.3 is 0 Å².